The van der Waals surface area contributed by atoms with Crippen LogP contribution in [0.1, 0.15) is 57.3 Å². The number of carbonyl (C=O) groups is 3. The monoisotopic (exact) mass is 414 g/mol. The van der Waals surface area contributed by atoms with Crippen molar-refractivity contribution in [1.82, 2.24) is 9.97 Å². The Morgan fingerprint density at radius 3 is 1.43 bits per heavy atom. The highest BCUT2D eigenvalue weighted by Crippen LogP contribution is 2.21. The number of esters is 2. The lowest BCUT2D eigenvalue weighted by atomic mass is 10.1. The molecule has 0 aliphatic rings. The van der Waals surface area contributed by atoms with E-state index in [1.807, 2.05) is 0 Å². The first-order valence-corrected chi connectivity index (χ1v) is 9.56. The van der Waals surface area contributed by atoms with Gasteiger partial charge in [0.1, 0.15) is 0 Å². The van der Waals surface area contributed by atoms with Gasteiger partial charge in [0.25, 0.3) is 0 Å². The van der Waals surface area contributed by atoms with Crippen molar-refractivity contribution in [3.8, 4) is 0 Å². The van der Waals surface area contributed by atoms with Gasteiger partial charge in [-0.3, -0.25) is 9.97 Å². The van der Waals surface area contributed by atoms with Gasteiger partial charge in [0.15, 0.2) is 0 Å². The third-order valence-electron chi connectivity index (χ3n) is 4.29. The van der Waals surface area contributed by atoms with Crippen molar-refractivity contribution in [1.29, 1.82) is 0 Å². The van der Waals surface area contributed by atoms with Gasteiger partial charge in [0, 0.05) is 0 Å². The average Bonchev–Trinajstić information content (AvgIpc) is 2.66. The fraction of sp³-hybridized carbons (Fsp3) is 0.381. The molecular weight excluding hydrogens is 388 g/mol. The summed E-state index contributed by atoms with van der Waals surface area (Å²) in [5.74, 6) is -1.02. The van der Waals surface area contributed by atoms with E-state index < -0.39 is 18.0 Å². The van der Waals surface area contributed by atoms with E-state index in [9.17, 15) is 14.4 Å². The lowest BCUT2D eigenvalue weighted by Gasteiger charge is -2.14. The maximum atomic E-state index is 12.6. The van der Waals surface area contributed by atoms with Crippen LogP contribution in [0.25, 0.3) is 0 Å². The first-order valence-electron chi connectivity index (χ1n) is 9.56. The molecule has 0 aromatic carbocycles. The highest BCUT2D eigenvalue weighted by atomic mass is 16.5. The average molecular weight is 414 g/mol. The number of ether oxygens (including phenoxy) is 2. The molecule has 2 heterocycles. The second-order valence-corrected chi connectivity index (χ2v) is 6.53. The molecule has 0 aliphatic carbocycles. The molecule has 0 radical (unpaired) electrons. The Bertz CT molecular complexity index is 910. The van der Waals surface area contributed by atoms with Crippen LogP contribution in [0, 0.1) is 27.7 Å². The van der Waals surface area contributed by atoms with Crippen molar-refractivity contribution < 1.29 is 23.9 Å². The Morgan fingerprint density at radius 2 is 1.10 bits per heavy atom. The third-order valence-corrected chi connectivity index (χ3v) is 4.29. The van der Waals surface area contributed by atoms with Gasteiger partial charge in [0.2, 0.25) is 0 Å². The Kier molecular flexibility index (Phi) is 7.46. The molecule has 2 N–H and O–H groups in total. The van der Waals surface area contributed by atoms with Crippen LogP contribution in [0.4, 0.5) is 16.2 Å². The van der Waals surface area contributed by atoms with Crippen molar-refractivity contribution >= 4 is 29.3 Å². The highest BCUT2D eigenvalue weighted by molar-refractivity contribution is 6.02. The molecule has 2 rings (SSSR count). The summed E-state index contributed by atoms with van der Waals surface area (Å²) in [4.78, 5) is 45.4. The lowest BCUT2D eigenvalue weighted by Crippen LogP contribution is -2.22. The number of nitrogens with zero attached hydrogens (tertiary/aromatic N) is 2. The van der Waals surface area contributed by atoms with Crippen LogP contribution in [-0.2, 0) is 9.47 Å². The van der Waals surface area contributed by atoms with Crippen LogP contribution in [0.15, 0.2) is 12.1 Å². The Morgan fingerprint density at radius 1 is 0.733 bits per heavy atom. The van der Waals surface area contributed by atoms with Crippen LogP contribution in [0.2, 0.25) is 0 Å². The fourth-order valence-corrected chi connectivity index (χ4v) is 2.81. The molecule has 0 unspecified atom stereocenters. The first-order chi connectivity index (χ1) is 14.2. The molecule has 2 aromatic rings. The predicted molar refractivity (Wildman–Crippen MR) is 112 cm³/mol. The van der Waals surface area contributed by atoms with Gasteiger partial charge in [-0.25, -0.2) is 14.4 Å². The number of hydrogen-bond donors (Lipinski definition) is 2. The summed E-state index contributed by atoms with van der Waals surface area (Å²) in [6.07, 6.45) is 0. The van der Waals surface area contributed by atoms with Gasteiger partial charge >= 0.3 is 18.0 Å². The van der Waals surface area contributed by atoms with Gasteiger partial charge in [-0.2, -0.15) is 0 Å². The van der Waals surface area contributed by atoms with Crippen LogP contribution >= 0.6 is 0 Å². The van der Waals surface area contributed by atoms with Crippen LogP contribution in [0.5, 0.6) is 0 Å². The molecule has 9 nitrogen and oxygen atoms in total. The SMILES string of the molecule is CCOC(=O)c1cc(NC(=O)Nc2cc(C(=O)OCC)c(C)nc2C)c(C)nc1C. The second kappa shape index (κ2) is 9.82. The standard InChI is InChI=1S/C21H26N4O5/c1-7-29-19(26)15-9-17(13(5)22-11(15)3)24-21(28)25-18-10-16(20(27)30-8-2)12(4)23-14(18)6/h9-10H,7-8H2,1-6H3,(H2,24,25,28). The Labute approximate surface area is 175 Å². The van der Waals surface area contributed by atoms with E-state index in [0.29, 0.717) is 34.2 Å². The topological polar surface area (TPSA) is 120 Å². The molecule has 0 aliphatic heterocycles. The molecule has 2 aromatic heterocycles. The van der Waals surface area contributed by atoms with Crippen LogP contribution < -0.4 is 10.6 Å². The molecule has 0 saturated heterocycles. The molecule has 160 valence electrons. The minimum atomic E-state index is -0.567. The number of amides is 2. The smallest absolute Gasteiger partial charge is 0.340 e. The molecular formula is C21H26N4O5. The van der Waals surface area contributed by atoms with Gasteiger partial charge in [-0.05, 0) is 53.7 Å². The first kappa shape index (κ1) is 22.8. The summed E-state index contributed by atoms with van der Waals surface area (Å²) in [6.45, 7) is 10.7. The zero-order valence-corrected chi connectivity index (χ0v) is 18.0. The van der Waals surface area contributed by atoms with E-state index in [1.165, 1.54) is 12.1 Å². The second-order valence-electron chi connectivity index (χ2n) is 6.53. The highest BCUT2D eigenvalue weighted by Gasteiger charge is 2.18. The number of rotatable bonds is 6. The van der Waals surface area contributed by atoms with Crippen molar-refractivity contribution in [3.63, 3.8) is 0 Å². The van der Waals surface area contributed by atoms with E-state index in [-0.39, 0.29) is 24.3 Å². The van der Waals surface area contributed by atoms with E-state index in [2.05, 4.69) is 20.6 Å². The molecule has 0 fully saturated rings. The number of carbonyl (C=O) groups excluding carboxylic acids is 3. The summed E-state index contributed by atoms with van der Waals surface area (Å²) in [6, 6.07) is 2.49. The maximum Gasteiger partial charge on any atom is 0.340 e. The zero-order valence-electron chi connectivity index (χ0n) is 18.0. The van der Waals surface area contributed by atoms with E-state index in [4.69, 9.17) is 9.47 Å². The van der Waals surface area contributed by atoms with Gasteiger partial charge < -0.3 is 20.1 Å². The normalized spacial score (nSPS) is 10.3. The summed E-state index contributed by atoms with van der Waals surface area (Å²) in [7, 11) is 0. The number of pyridine rings is 2. The largest absolute Gasteiger partial charge is 0.462 e. The fourth-order valence-electron chi connectivity index (χ4n) is 2.81. The maximum absolute atomic E-state index is 12.6. The molecule has 0 spiro atoms. The summed E-state index contributed by atoms with van der Waals surface area (Å²) in [5.41, 5.74) is 3.38. The quantitative estimate of drug-likeness (QED) is 0.692. The van der Waals surface area contributed by atoms with Crippen molar-refractivity contribution in [2.24, 2.45) is 0 Å². The van der Waals surface area contributed by atoms with Crippen LogP contribution in [0.3, 0.4) is 0 Å². The Hall–Kier alpha value is -3.49. The molecule has 2 amide bonds. The number of aryl methyl sites for hydroxylation is 4. The predicted octanol–water partition coefficient (Wildman–Crippen LogP) is 3.71. The zero-order chi connectivity index (χ0) is 22.4. The molecule has 0 bridgehead atoms. The summed E-state index contributed by atoms with van der Waals surface area (Å²) in [5, 5.41) is 5.35. The number of aromatic nitrogens is 2. The number of nitrogens with one attached hydrogen (secondary N) is 2. The molecule has 9 heteroatoms. The summed E-state index contributed by atoms with van der Waals surface area (Å²) >= 11 is 0. The van der Waals surface area contributed by atoms with Gasteiger partial charge in [-0.1, -0.05) is 0 Å². The minimum Gasteiger partial charge on any atom is -0.462 e. The lowest BCUT2D eigenvalue weighted by molar-refractivity contribution is 0.0515. The van der Waals surface area contributed by atoms with Gasteiger partial charge in [0.05, 0.1) is 58.5 Å². The van der Waals surface area contributed by atoms with Crippen molar-refractivity contribution in [2.75, 3.05) is 23.8 Å². The third kappa shape index (κ3) is 5.31. The molecule has 30 heavy (non-hydrogen) atoms. The van der Waals surface area contributed by atoms with Crippen LogP contribution in [-0.4, -0.2) is 41.2 Å². The molecule has 0 saturated carbocycles. The van der Waals surface area contributed by atoms with Crippen molar-refractivity contribution in [2.45, 2.75) is 41.5 Å². The Balaban J connectivity index is 2.26. The molecule has 0 atom stereocenters. The summed E-state index contributed by atoms with van der Waals surface area (Å²) < 4.78 is 10.1. The van der Waals surface area contributed by atoms with Gasteiger partial charge in [-0.15, -0.1) is 0 Å². The number of urea groups is 1. The van der Waals surface area contributed by atoms with E-state index in [0.717, 1.165) is 0 Å². The van der Waals surface area contributed by atoms with E-state index >= 15 is 0 Å². The van der Waals surface area contributed by atoms with Crippen molar-refractivity contribution in [3.05, 3.63) is 46.0 Å². The van der Waals surface area contributed by atoms with E-state index in [1.54, 1.807) is 41.5 Å². The number of anilines is 2. The minimum absolute atomic E-state index is 0.234. The number of hydrogen-bond acceptors (Lipinski definition) is 7.